The van der Waals surface area contributed by atoms with E-state index < -0.39 is 0 Å². The fraction of sp³-hybridized carbons (Fsp3) is 0.529. The SMILES string of the molecule is CCCCCCCCNC(=O)/C(C#N)=C/c1sccc1C. The summed E-state index contributed by atoms with van der Waals surface area (Å²) in [6.45, 7) is 4.82. The molecule has 1 heterocycles. The smallest absolute Gasteiger partial charge is 0.261 e. The van der Waals surface area contributed by atoms with E-state index in [1.165, 1.54) is 25.7 Å². The van der Waals surface area contributed by atoms with Crippen molar-refractivity contribution in [1.82, 2.24) is 5.32 Å². The fourth-order valence-corrected chi connectivity index (χ4v) is 2.87. The molecule has 1 aromatic rings. The van der Waals surface area contributed by atoms with Crippen molar-refractivity contribution in [2.45, 2.75) is 52.4 Å². The van der Waals surface area contributed by atoms with E-state index in [-0.39, 0.29) is 11.5 Å². The third-order valence-corrected chi connectivity index (χ3v) is 4.32. The van der Waals surface area contributed by atoms with Crippen LogP contribution in [0.2, 0.25) is 0 Å². The zero-order valence-corrected chi connectivity index (χ0v) is 13.8. The first-order chi connectivity index (χ1) is 10.2. The summed E-state index contributed by atoms with van der Waals surface area (Å²) in [5, 5.41) is 13.9. The molecule has 1 aromatic heterocycles. The summed E-state index contributed by atoms with van der Waals surface area (Å²) >= 11 is 1.54. The Morgan fingerprint density at radius 2 is 2.05 bits per heavy atom. The Kier molecular flexibility index (Phi) is 8.45. The van der Waals surface area contributed by atoms with Crippen LogP contribution in [-0.4, -0.2) is 12.5 Å². The summed E-state index contributed by atoms with van der Waals surface area (Å²) in [5.74, 6) is -0.265. The molecule has 0 aliphatic rings. The molecule has 3 nitrogen and oxygen atoms in total. The van der Waals surface area contributed by atoms with Crippen LogP contribution in [0.3, 0.4) is 0 Å². The molecule has 0 bridgehead atoms. The van der Waals surface area contributed by atoms with Crippen LogP contribution in [0.15, 0.2) is 17.0 Å². The largest absolute Gasteiger partial charge is 0.351 e. The Hall–Kier alpha value is -1.60. The Morgan fingerprint density at radius 1 is 1.33 bits per heavy atom. The summed E-state index contributed by atoms with van der Waals surface area (Å²) in [6, 6.07) is 3.98. The first kappa shape index (κ1) is 17.5. The van der Waals surface area contributed by atoms with E-state index in [4.69, 9.17) is 5.26 Å². The number of unbranched alkanes of at least 4 members (excludes halogenated alkanes) is 5. The molecule has 114 valence electrons. The van der Waals surface area contributed by atoms with Crippen LogP contribution in [0.1, 0.15) is 55.9 Å². The lowest BCUT2D eigenvalue weighted by atomic mass is 10.1. The number of carbonyl (C=O) groups is 1. The van der Waals surface area contributed by atoms with Gasteiger partial charge in [0.15, 0.2) is 0 Å². The van der Waals surface area contributed by atoms with Crippen molar-refractivity contribution in [3.05, 3.63) is 27.5 Å². The van der Waals surface area contributed by atoms with E-state index in [2.05, 4.69) is 12.2 Å². The van der Waals surface area contributed by atoms with Gasteiger partial charge in [0.05, 0.1) is 0 Å². The van der Waals surface area contributed by atoms with Gasteiger partial charge in [0.2, 0.25) is 0 Å². The lowest BCUT2D eigenvalue weighted by molar-refractivity contribution is -0.117. The number of hydrogen-bond acceptors (Lipinski definition) is 3. The predicted molar refractivity (Wildman–Crippen MR) is 89.0 cm³/mol. The monoisotopic (exact) mass is 304 g/mol. The van der Waals surface area contributed by atoms with Gasteiger partial charge >= 0.3 is 0 Å². The number of aryl methyl sites for hydroxylation is 1. The molecule has 0 aliphatic heterocycles. The van der Waals surface area contributed by atoms with Gasteiger partial charge in [-0.25, -0.2) is 0 Å². The molecular weight excluding hydrogens is 280 g/mol. The van der Waals surface area contributed by atoms with E-state index in [0.29, 0.717) is 6.54 Å². The second kappa shape index (κ2) is 10.2. The Morgan fingerprint density at radius 3 is 2.67 bits per heavy atom. The van der Waals surface area contributed by atoms with Crippen molar-refractivity contribution in [2.75, 3.05) is 6.54 Å². The maximum atomic E-state index is 11.9. The number of nitriles is 1. The van der Waals surface area contributed by atoms with Gasteiger partial charge in [-0.15, -0.1) is 11.3 Å². The summed E-state index contributed by atoms with van der Waals surface area (Å²) in [4.78, 5) is 12.9. The molecule has 0 radical (unpaired) electrons. The number of hydrogen-bond donors (Lipinski definition) is 1. The highest BCUT2D eigenvalue weighted by Gasteiger charge is 2.09. The van der Waals surface area contributed by atoms with Crippen molar-refractivity contribution in [3.8, 4) is 6.07 Å². The van der Waals surface area contributed by atoms with Crippen molar-refractivity contribution in [1.29, 1.82) is 5.26 Å². The van der Waals surface area contributed by atoms with Crippen LogP contribution in [0.5, 0.6) is 0 Å². The first-order valence-corrected chi connectivity index (χ1v) is 8.51. The standard InChI is InChI=1S/C17H24N2OS/c1-3-4-5-6-7-8-10-19-17(20)15(13-18)12-16-14(2)9-11-21-16/h9,11-12H,3-8,10H2,1-2H3,(H,19,20)/b15-12+. The van der Waals surface area contributed by atoms with Gasteiger partial charge in [-0.1, -0.05) is 39.0 Å². The molecule has 1 N–H and O–H groups in total. The van der Waals surface area contributed by atoms with E-state index in [0.717, 1.165) is 23.3 Å². The molecular formula is C17H24N2OS. The minimum Gasteiger partial charge on any atom is -0.351 e. The third kappa shape index (κ3) is 6.59. The van der Waals surface area contributed by atoms with Crippen LogP contribution in [0.4, 0.5) is 0 Å². The van der Waals surface area contributed by atoms with Gasteiger partial charge in [-0.2, -0.15) is 5.26 Å². The summed E-state index contributed by atoms with van der Waals surface area (Å²) in [7, 11) is 0. The molecule has 0 saturated heterocycles. The van der Waals surface area contributed by atoms with E-state index in [1.54, 1.807) is 17.4 Å². The molecule has 0 saturated carbocycles. The lowest BCUT2D eigenvalue weighted by Crippen LogP contribution is -2.25. The summed E-state index contributed by atoms with van der Waals surface area (Å²) < 4.78 is 0. The van der Waals surface area contributed by atoms with E-state index in [1.807, 2.05) is 24.4 Å². The Bertz CT molecular complexity index is 511. The predicted octanol–water partition coefficient (Wildman–Crippen LogP) is 4.44. The highest BCUT2D eigenvalue weighted by Crippen LogP contribution is 2.19. The van der Waals surface area contributed by atoms with Gasteiger partial charge in [0, 0.05) is 11.4 Å². The van der Waals surface area contributed by atoms with Crippen LogP contribution < -0.4 is 5.32 Å². The molecule has 0 atom stereocenters. The highest BCUT2D eigenvalue weighted by atomic mass is 32.1. The number of nitrogens with one attached hydrogen (secondary N) is 1. The normalized spacial score (nSPS) is 11.2. The molecule has 0 aromatic carbocycles. The van der Waals surface area contributed by atoms with Crippen LogP contribution >= 0.6 is 11.3 Å². The zero-order chi connectivity index (χ0) is 15.5. The van der Waals surface area contributed by atoms with Crippen LogP contribution in [0, 0.1) is 18.3 Å². The summed E-state index contributed by atoms with van der Waals surface area (Å²) in [6.07, 6.45) is 8.81. The van der Waals surface area contributed by atoms with Crippen molar-refractivity contribution < 1.29 is 4.79 Å². The average Bonchev–Trinajstić information content (AvgIpc) is 2.88. The minimum atomic E-state index is -0.265. The molecule has 4 heteroatoms. The fourth-order valence-electron chi connectivity index (χ4n) is 2.01. The van der Waals surface area contributed by atoms with E-state index >= 15 is 0 Å². The van der Waals surface area contributed by atoms with Gasteiger partial charge in [-0.3, -0.25) is 4.79 Å². The maximum absolute atomic E-state index is 11.9. The molecule has 21 heavy (non-hydrogen) atoms. The van der Waals surface area contributed by atoms with Gasteiger partial charge in [0.25, 0.3) is 5.91 Å². The first-order valence-electron chi connectivity index (χ1n) is 7.63. The van der Waals surface area contributed by atoms with Gasteiger partial charge < -0.3 is 5.32 Å². The number of carbonyl (C=O) groups excluding carboxylic acids is 1. The van der Waals surface area contributed by atoms with Gasteiger partial charge in [0.1, 0.15) is 11.6 Å². The molecule has 0 unspecified atom stereocenters. The minimum absolute atomic E-state index is 0.187. The Labute approximate surface area is 131 Å². The summed E-state index contributed by atoms with van der Waals surface area (Å²) in [5.41, 5.74) is 1.28. The zero-order valence-electron chi connectivity index (χ0n) is 12.9. The topological polar surface area (TPSA) is 52.9 Å². The molecule has 0 fully saturated rings. The quantitative estimate of drug-likeness (QED) is 0.416. The lowest BCUT2D eigenvalue weighted by Gasteiger charge is -2.04. The molecule has 1 rings (SSSR count). The highest BCUT2D eigenvalue weighted by molar-refractivity contribution is 7.11. The van der Waals surface area contributed by atoms with Gasteiger partial charge in [-0.05, 0) is 36.4 Å². The third-order valence-electron chi connectivity index (χ3n) is 3.36. The van der Waals surface area contributed by atoms with Crippen molar-refractivity contribution in [2.24, 2.45) is 0 Å². The average molecular weight is 304 g/mol. The molecule has 0 aliphatic carbocycles. The number of nitrogens with zero attached hydrogens (tertiary/aromatic N) is 1. The maximum Gasteiger partial charge on any atom is 0.261 e. The number of amides is 1. The van der Waals surface area contributed by atoms with Crippen molar-refractivity contribution in [3.63, 3.8) is 0 Å². The van der Waals surface area contributed by atoms with Crippen LogP contribution in [0.25, 0.3) is 6.08 Å². The molecule has 0 spiro atoms. The number of rotatable bonds is 9. The van der Waals surface area contributed by atoms with Crippen molar-refractivity contribution >= 4 is 23.3 Å². The van der Waals surface area contributed by atoms with Crippen LogP contribution in [-0.2, 0) is 4.79 Å². The van der Waals surface area contributed by atoms with E-state index in [9.17, 15) is 4.79 Å². The Balaban J connectivity index is 2.35. The molecule has 1 amide bonds. The second-order valence-corrected chi connectivity index (χ2v) is 6.11. The second-order valence-electron chi connectivity index (χ2n) is 5.16. The number of thiophene rings is 1.